The lowest BCUT2D eigenvalue weighted by atomic mass is 10.1. The predicted octanol–water partition coefficient (Wildman–Crippen LogP) is 7.04. The Morgan fingerprint density at radius 2 is 1.67 bits per heavy atom. The lowest BCUT2D eigenvalue weighted by Gasteiger charge is -2.08. The molecule has 4 rings (SSSR count). The molecular weight excluding hydrogens is 469 g/mol. The van der Waals surface area contributed by atoms with E-state index in [0.717, 1.165) is 33.5 Å². The van der Waals surface area contributed by atoms with Crippen LogP contribution in [-0.4, -0.2) is 17.0 Å². The van der Waals surface area contributed by atoms with Gasteiger partial charge in [-0.25, -0.2) is 0 Å². The molecule has 0 bridgehead atoms. The number of hydrogen-bond acceptors (Lipinski definition) is 2. The number of carbonyl (C=O) groups is 1. The van der Waals surface area contributed by atoms with E-state index in [0.29, 0.717) is 29.4 Å². The van der Waals surface area contributed by atoms with Crippen molar-refractivity contribution in [3.8, 4) is 0 Å². The fraction of sp³-hybridized carbons (Fsp3) is 0.160. The van der Waals surface area contributed by atoms with E-state index in [-0.39, 0.29) is 5.91 Å². The smallest absolute Gasteiger partial charge is 0.350 e. The average molecular weight is 489 g/mol. The zero-order valence-corrected chi connectivity index (χ0v) is 19.0. The summed E-state index contributed by atoms with van der Waals surface area (Å²) in [6.45, 7) is 1.03. The fourth-order valence-corrected chi connectivity index (χ4v) is 4.63. The molecule has 33 heavy (non-hydrogen) atoms. The van der Waals surface area contributed by atoms with Gasteiger partial charge in [-0.3, -0.25) is 4.79 Å². The van der Waals surface area contributed by atoms with Crippen LogP contribution in [0.2, 0.25) is 5.02 Å². The fourth-order valence-electron chi connectivity index (χ4n) is 3.46. The zero-order chi connectivity index (χ0) is 23.4. The molecule has 0 aliphatic carbocycles. The van der Waals surface area contributed by atoms with Crippen LogP contribution in [0, 0.1) is 0 Å². The Labute approximate surface area is 198 Å². The molecule has 0 unspecified atom stereocenters. The molecule has 1 amide bonds. The topological polar surface area (TPSA) is 34.0 Å². The van der Waals surface area contributed by atoms with Crippen molar-refractivity contribution in [2.75, 3.05) is 6.54 Å². The van der Waals surface area contributed by atoms with Crippen molar-refractivity contribution in [2.24, 2.45) is 0 Å². The number of halogens is 4. The summed E-state index contributed by atoms with van der Waals surface area (Å²) in [5.74, 6) is 0.388. The van der Waals surface area contributed by atoms with Gasteiger partial charge in [0.15, 0.2) is 0 Å². The first-order valence-corrected chi connectivity index (χ1v) is 11.6. The molecule has 4 aromatic rings. The van der Waals surface area contributed by atoms with Gasteiger partial charge >= 0.3 is 6.18 Å². The summed E-state index contributed by atoms with van der Waals surface area (Å²) >= 11 is 7.44. The Morgan fingerprint density at radius 1 is 0.970 bits per heavy atom. The third kappa shape index (κ3) is 5.72. The quantitative estimate of drug-likeness (QED) is 0.283. The number of thioether (sulfide) groups is 1. The van der Waals surface area contributed by atoms with Gasteiger partial charge in [0, 0.05) is 51.4 Å². The molecule has 3 aromatic carbocycles. The Balaban J connectivity index is 1.42. The summed E-state index contributed by atoms with van der Waals surface area (Å²) in [4.78, 5) is 13.4. The standard InChI is InChI=1S/C25H20ClF3N2OS/c26-20-11-7-18(8-12-20)24(32)30-13-14-31-15-23(21-3-1-2-4-22(21)31)33-16-17-5-9-19(10-6-17)25(27,28)29/h1-12,15H,13-14,16H2,(H,30,32). The summed E-state index contributed by atoms with van der Waals surface area (Å²) in [7, 11) is 0. The van der Waals surface area contributed by atoms with E-state index in [1.165, 1.54) is 12.1 Å². The molecule has 0 aliphatic heterocycles. The molecule has 1 aromatic heterocycles. The highest BCUT2D eigenvalue weighted by atomic mass is 35.5. The number of alkyl halides is 3. The van der Waals surface area contributed by atoms with E-state index in [4.69, 9.17) is 11.6 Å². The highest BCUT2D eigenvalue weighted by Crippen LogP contribution is 2.33. The summed E-state index contributed by atoms with van der Waals surface area (Å²) in [5, 5.41) is 4.56. The number of benzene rings is 3. The van der Waals surface area contributed by atoms with Crippen LogP contribution in [0.1, 0.15) is 21.5 Å². The van der Waals surface area contributed by atoms with Crippen LogP contribution < -0.4 is 5.32 Å². The van der Waals surface area contributed by atoms with Crippen LogP contribution >= 0.6 is 23.4 Å². The van der Waals surface area contributed by atoms with E-state index in [2.05, 4.69) is 9.88 Å². The molecule has 1 N–H and O–H groups in total. The van der Waals surface area contributed by atoms with Gasteiger partial charge in [0.1, 0.15) is 0 Å². The second-order valence-electron chi connectivity index (χ2n) is 7.45. The normalized spacial score (nSPS) is 11.6. The Morgan fingerprint density at radius 3 is 2.36 bits per heavy atom. The average Bonchev–Trinajstić information content (AvgIpc) is 3.15. The van der Waals surface area contributed by atoms with Crippen molar-refractivity contribution < 1.29 is 18.0 Å². The molecule has 0 radical (unpaired) electrons. The monoisotopic (exact) mass is 488 g/mol. The van der Waals surface area contributed by atoms with Gasteiger partial charge in [-0.2, -0.15) is 13.2 Å². The van der Waals surface area contributed by atoms with Crippen molar-refractivity contribution >= 4 is 40.2 Å². The zero-order valence-electron chi connectivity index (χ0n) is 17.4. The molecule has 0 atom stereocenters. The minimum absolute atomic E-state index is 0.167. The summed E-state index contributed by atoms with van der Waals surface area (Å²) in [6.07, 6.45) is -2.31. The second-order valence-corrected chi connectivity index (χ2v) is 8.90. The highest BCUT2D eigenvalue weighted by Gasteiger charge is 2.29. The SMILES string of the molecule is O=C(NCCn1cc(SCc2ccc(C(F)(F)F)cc2)c2ccccc21)c1ccc(Cl)cc1. The first-order valence-electron chi connectivity index (χ1n) is 10.2. The van der Waals surface area contributed by atoms with Crippen molar-refractivity contribution in [1.29, 1.82) is 0 Å². The van der Waals surface area contributed by atoms with Crippen LogP contribution in [0.15, 0.2) is 83.9 Å². The van der Waals surface area contributed by atoms with Gasteiger partial charge in [0.2, 0.25) is 0 Å². The lowest BCUT2D eigenvalue weighted by Crippen LogP contribution is -2.27. The van der Waals surface area contributed by atoms with Gasteiger partial charge < -0.3 is 9.88 Å². The predicted molar refractivity (Wildman–Crippen MR) is 127 cm³/mol. The Hall–Kier alpha value is -2.90. The number of amides is 1. The first kappa shape index (κ1) is 23.3. The maximum Gasteiger partial charge on any atom is 0.416 e. The summed E-state index contributed by atoms with van der Waals surface area (Å²) < 4.78 is 40.4. The van der Waals surface area contributed by atoms with Gasteiger partial charge in [-0.05, 0) is 48.0 Å². The molecule has 170 valence electrons. The summed E-state index contributed by atoms with van der Waals surface area (Å²) in [6, 6.07) is 19.9. The van der Waals surface area contributed by atoms with Crippen molar-refractivity contribution in [3.05, 3.63) is 101 Å². The molecule has 0 aliphatic rings. The molecule has 1 heterocycles. The van der Waals surface area contributed by atoms with E-state index < -0.39 is 11.7 Å². The number of carbonyl (C=O) groups excluding carboxylic acids is 1. The van der Waals surface area contributed by atoms with E-state index in [9.17, 15) is 18.0 Å². The van der Waals surface area contributed by atoms with Crippen molar-refractivity contribution in [1.82, 2.24) is 9.88 Å². The maximum atomic E-state index is 12.8. The number of fused-ring (bicyclic) bond motifs is 1. The van der Waals surface area contributed by atoms with Crippen LogP contribution in [0.4, 0.5) is 13.2 Å². The highest BCUT2D eigenvalue weighted by molar-refractivity contribution is 7.98. The number of hydrogen-bond donors (Lipinski definition) is 1. The lowest BCUT2D eigenvalue weighted by molar-refractivity contribution is -0.137. The number of aromatic nitrogens is 1. The van der Waals surface area contributed by atoms with Crippen molar-refractivity contribution in [3.63, 3.8) is 0 Å². The van der Waals surface area contributed by atoms with Crippen LogP contribution in [-0.2, 0) is 18.5 Å². The molecule has 8 heteroatoms. The van der Waals surface area contributed by atoms with Gasteiger partial charge in [-0.15, -0.1) is 11.8 Å². The number of para-hydroxylation sites is 1. The van der Waals surface area contributed by atoms with Crippen LogP contribution in [0.3, 0.4) is 0 Å². The third-order valence-electron chi connectivity index (χ3n) is 5.17. The van der Waals surface area contributed by atoms with Gasteiger partial charge in [0.25, 0.3) is 5.91 Å². The number of nitrogens with one attached hydrogen (secondary N) is 1. The second kappa shape index (κ2) is 9.93. The number of nitrogens with zero attached hydrogens (tertiary/aromatic N) is 1. The van der Waals surface area contributed by atoms with Gasteiger partial charge in [-0.1, -0.05) is 41.9 Å². The van der Waals surface area contributed by atoms with Crippen LogP contribution in [0.5, 0.6) is 0 Å². The van der Waals surface area contributed by atoms with Gasteiger partial charge in [0.05, 0.1) is 5.56 Å². The van der Waals surface area contributed by atoms with E-state index in [1.807, 2.05) is 30.5 Å². The largest absolute Gasteiger partial charge is 0.416 e. The molecular formula is C25H20ClF3N2OS. The Kier molecular flexibility index (Phi) is 7.00. The third-order valence-corrected chi connectivity index (χ3v) is 6.54. The molecule has 0 saturated carbocycles. The molecule has 3 nitrogen and oxygen atoms in total. The van der Waals surface area contributed by atoms with Crippen molar-refractivity contribution in [2.45, 2.75) is 23.4 Å². The molecule has 0 saturated heterocycles. The number of rotatable bonds is 7. The minimum Gasteiger partial charge on any atom is -0.350 e. The molecule has 0 fully saturated rings. The maximum absolute atomic E-state index is 12.8. The minimum atomic E-state index is -4.33. The Bertz CT molecular complexity index is 1250. The van der Waals surface area contributed by atoms with E-state index >= 15 is 0 Å². The summed E-state index contributed by atoms with van der Waals surface area (Å²) in [5.41, 5.74) is 1.76. The molecule has 0 spiro atoms. The van der Waals surface area contributed by atoms with Crippen LogP contribution in [0.25, 0.3) is 10.9 Å². The van der Waals surface area contributed by atoms with E-state index in [1.54, 1.807) is 36.0 Å². The first-order chi connectivity index (χ1) is 15.8.